The Hall–Kier alpha value is -3.21. The number of hydrogen-bond donors (Lipinski definition) is 2. The Balaban J connectivity index is 1.60. The van der Waals surface area contributed by atoms with Crippen molar-refractivity contribution in [3.05, 3.63) is 54.6 Å². The number of aliphatic hydroxyl groups is 1. The molecule has 4 rings (SSSR count). The minimum absolute atomic E-state index is 0.0358. The smallest absolute Gasteiger partial charge is 0.312 e. The van der Waals surface area contributed by atoms with Crippen molar-refractivity contribution in [1.82, 2.24) is 10.2 Å². The van der Waals surface area contributed by atoms with Crippen LogP contribution < -0.4 is 10.2 Å². The fourth-order valence-corrected chi connectivity index (χ4v) is 6.90. The van der Waals surface area contributed by atoms with Crippen LogP contribution in [0.5, 0.6) is 0 Å². The number of nitrogens with one attached hydrogen (secondary N) is 1. The molecule has 2 N–H and O–H groups in total. The lowest BCUT2D eigenvalue weighted by Gasteiger charge is -2.37. The summed E-state index contributed by atoms with van der Waals surface area (Å²) in [5, 5.41) is 12.4. The quantitative estimate of drug-likeness (QED) is 0.166. The van der Waals surface area contributed by atoms with Gasteiger partial charge in [0.25, 0.3) is 5.91 Å². The third-order valence-corrected chi connectivity index (χ3v) is 8.88. The zero-order valence-electron chi connectivity index (χ0n) is 24.7. The first kappa shape index (κ1) is 32.7. The molecular formula is C32H42ClN3O7. The van der Waals surface area contributed by atoms with E-state index in [1.54, 1.807) is 48.2 Å². The minimum Gasteiger partial charge on any atom is -0.460 e. The average Bonchev–Trinajstić information content (AvgIpc) is 3.63. The largest absolute Gasteiger partial charge is 0.460 e. The Kier molecular flexibility index (Phi) is 11.0. The zero-order chi connectivity index (χ0) is 31.1. The first-order valence-corrected chi connectivity index (χ1v) is 15.4. The number of ether oxygens (including phenoxy) is 2. The average molecular weight is 616 g/mol. The van der Waals surface area contributed by atoms with Crippen molar-refractivity contribution in [2.45, 2.75) is 75.7 Å². The highest BCUT2D eigenvalue weighted by Gasteiger charge is 2.75. The number of benzene rings is 1. The number of hydrogen-bond acceptors (Lipinski definition) is 7. The fourth-order valence-electron chi connectivity index (χ4n) is 6.66. The molecule has 6 atom stereocenters. The lowest BCUT2D eigenvalue weighted by molar-refractivity contribution is -0.159. The highest BCUT2D eigenvalue weighted by atomic mass is 35.5. The van der Waals surface area contributed by atoms with Gasteiger partial charge in [-0.2, -0.15) is 0 Å². The maximum atomic E-state index is 14.5. The maximum Gasteiger partial charge on any atom is 0.312 e. The van der Waals surface area contributed by atoms with Gasteiger partial charge < -0.3 is 29.7 Å². The van der Waals surface area contributed by atoms with Crippen molar-refractivity contribution in [3.8, 4) is 0 Å². The van der Waals surface area contributed by atoms with Crippen LogP contribution in [0.15, 0.2) is 49.6 Å². The summed E-state index contributed by atoms with van der Waals surface area (Å²) in [4.78, 5) is 57.3. The van der Waals surface area contributed by atoms with Gasteiger partial charge in [0, 0.05) is 26.1 Å². The molecule has 2 bridgehead atoms. The number of nitrogens with zero attached hydrogens (tertiary/aromatic N) is 2. The molecule has 3 aliphatic rings. The van der Waals surface area contributed by atoms with Crippen molar-refractivity contribution in [1.29, 1.82) is 0 Å². The number of carbonyl (C=O) groups excluding carboxylic acids is 4. The van der Waals surface area contributed by atoms with Gasteiger partial charge in [0.1, 0.15) is 17.7 Å². The van der Waals surface area contributed by atoms with Gasteiger partial charge in [-0.05, 0) is 57.6 Å². The highest BCUT2D eigenvalue weighted by Crippen LogP contribution is 2.59. The molecule has 43 heavy (non-hydrogen) atoms. The molecule has 3 saturated heterocycles. The fraction of sp³-hybridized carbons (Fsp3) is 0.562. The summed E-state index contributed by atoms with van der Waals surface area (Å²) in [6.45, 7) is 9.73. The normalized spacial score (nSPS) is 26.1. The molecule has 1 aromatic rings. The van der Waals surface area contributed by atoms with Gasteiger partial charge >= 0.3 is 5.97 Å². The number of esters is 1. The number of unbranched alkanes of at least 4 members (excludes halogenated alkanes) is 2. The lowest BCUT2D eigenvalue weighted by atomic mass is 9.70. The second-order valence-corrected chi connectivity index (χ2v) is 11.8. The van der Waals surface area contributed by atoms with Crippen LogP contribution >= 0.6 is 11.6 Å². The van der Waals surface area contributed by atoms with Crippen LogP contribution in [0.4, 0.5) is 5.69 Å². The topological polar surface area (TPSA) is 125 Å². The molecule has 3 amide bonds. The van der Waals surface area contributed by atoms with E-state index in [0.717, 1.165) is 0 Å². The lowest BCUT2D eigenvalue weighted by Crippen LogP contribution is -2.56. The molecule has 1 aromatic carbocycles. The van der Waals surface area contributed by atoms with Crippen molar-refractivity contribution >= 4 is 41.0 Å². The van der Waals surface area contributed by atoms with E-state index in [-0.39, 0.29) is 44.0 Å². The number of fused-ring (bicyclic) bond motifs is 1. The number of rotatable bonds is 16. The molecule has 3 heterocycles. The zero-order valence-corrected chi connectivity index (χ0v) is 25.5. The summed E-state index contributed by atoms with van der Waals surface area (Å²) in [5.41, 5.74) is -0.698. The van der Waals surface area contributed by atoms with E-state index in [2.05, 4.69) is 18.5 Å². The van der Waals surface area contributed by atoms with Gasteiger partial charge in [-0.15, -0.1) is 13.2 Å². The minimum atomic E-state index is -1.19. The molecule has 0 saturated carbocycles. The molecule has 0 aromatic heterocycles. The van der Waals surface area contributed by atoms with Crippen LogP contribution in [-0.4, -0.2) is 83.8 Å². The number of amides is 3. The van der Waals surface area contributed by atoms with E-state index < -0.39 is 41.7 Å². The summed E-state index contributed by atoms with van der Waals surface area (Å²) < 4.78 is 12.2. The van der Waals surface area contributed by atoms with Crippen molar-refractivity contribution < 1.29 is 33.8 Å². The van der Waals surface area contributed by atoms with E-state index in [4.69, 9.17) is 21.1 Å². The number of anilines is 1. The Morgan fingerprint density at radius 2 is 2.02 bits per heavy atom. The van der Waals surface area contributed by atoms with Crippen molar-refractivity contribution in [2.24, 2.45) is 11.8 Å². The molecule has 0 unspecified atom stereocenters. The molecule has 3 fully saturated rings. The summed E-state index contributed by atoms with van der Waals surface area (Å²) in [5.74, 6) is -3.15. The molecule has 0 aliphatic carbocycles. The van der Waals surface area contributed by atoms with Gasteiger partial charge in [0.15, 0.2) is 0 Å². The van der Waals surface area contributed by atoms with Crippen LogP contribution in [0.1, 0.15) is 51.9 Å². The molecule has 234 valence electrons. The number of likely N-dealkylation sites (tertiary alicyclic amines) is 1. The third-order valence-electron chi connectivity index (χ3n) is 8.56. The summed E-state index contributed by atoms with van der Waals surface area (Å²) >= 11 is 6.50. The Morgan fingerprint density at radius 1 is 1.26 bits per heavy atom. The maximum absolute atomic E-state index is 14.5. The van der Waals surface area contributed by atoms with Gasteiger partial charge in [-0.25, -0.2) is 0 Å². The second kappa shape index (κ2) is 14.5. The summed E-state index contributed by atoms with van der Waals surface area (Å²) in [6.07, 6.45) is 5.69. The molecule has 1 spiro atoms. The molecule has 10 nitrogen and oxygen atoms in total. The van der Waals surface area contributed by atoms with Gasteiger partial charge in [0.2, 0.25) is 11.8 Å². The van der Waals surface area contributed by atoms with Crippen molar-refractivity contribution in [2.75, 3.05) is 31.1 Å². The van der Waals surface area contributed by atoms with E-state index >= 15 is 0 Å². The van der Waals surface area contributed by atoms with Gasteiger partial charge in [0.05, 0.1) is 35.2 Å². The monoisotopic (exact) mass is 615 g/mol. The Bertz CT molecular complexity index is 1230. The standard InChI is InChI=1S/C32H42ClN3O7/c1-4-6-14-25(38)34-20-21(3)42-31(41)26-24-15-16-32(43-24)27(26)29(39)36(18-10-7-11-19-37)28(32)30(40)35(17-5-2)23-13-9-8-12-22(23)33/h4-5,8-9,12-13,21,24,26-28,37H,1-2,6-7,10-11,14-20H2,3H3,(H,34,38)/t21-,24-,26+,27+,28-,32+/m1/s1. The first-order chi connectivity index (χ1) is 20.7. The van der Waals surface area contributed by atoms with Crippen LogP contribution in [0, 0.1) is 11.8 Å². The van der Waals surface area contributed by atoms with E-state index in [1.807, 2.05) is 0 Å². The molecule has 0 radical (unpaired) electrons. The van der Waals surface area contributed by atoms with Crippen LogP contribution in [0.3, 0.4) is 0 Å². The van der Waals surface area contributed by atoms with Crippen LogP contribution in [0.25, 0.3) is 0 Å². The number of allylic oxidation sites excluding steroid dienone is 1. The number of carbonyl (C=O) groups is 4. The number of halogens is 1. The second-order valence-electron chi connectivity index (χ2n) is 11.4. The number of para-hydroxylation sites is 1. The van der Waals surface area contributed by atoms with Gasteiger partial charge in [-0.1, -0.05) is 35.9 Å². The van der Waals surface area contributed by atoms with E-state index in [0.29, 0.717) is 55.7 Å². The van der Waals surface area contributed by atoms with E-state index in [1.165, 1.54) is 4.90 Å². The van der Waals surface area contributed by atoms with Crippen LogP contribution in [-0.2, 0) is 28.7 Å². The van der Waals surface area contributed by atoms with E-state index in [9.17, 15) is 24.3 Å². The predicted octanol–water partition coefficient (Wildman–Crippen LogP) is 3.41. The Morgan fingerprint density at radius 3 is 2.72 bits per heavy atom. The first-order valence-electron chi connectivity index (χ1n) is 15.0. The Labute approximate surface area is 258 Å². The summed E-state index contributed by atoms with van der Waals surface area (Å²) in [7, 11) is 0. The molecular weight excluding hydrogens is 574 g/mol. The molecule has 3 aliphatic heterocycles. The number of aliphatic hydroxyl groups excluding tert-OH is 1. The third kappa shape index (κ3) is 6.66. The van der Waals surface area contributed by atoms with Gasteiger partial charge in [-0.3, -0.25) is 19.2 Å². The molecule has 11 heteroatoms. The summed E-state index contributed by atoms with van der Waals surface area (Å²) in [6, 6.07) is 6.02. The van der Waals surface area contributed by atoms with Crippen molar-refractivity contribution in [3.63, 3.8) is 0 Å². The highest BCUT2D eigenvalue weighted by molar-refractivity contribution is 6.34. The predicted molar refractivity (Wildman–Crippen MR) is 162 cm³/mol. The van der Waals surface area contributed by atoms with Crippen LogP contribution in [0.2, 0.25) is 5.02 Å². The SMILES string of the molecule is C=CCCC(=O)NC[C@@H](C)OC(=O)[C@@H]1[C@H]2C(=O)N(CCCCCO)[C@H](C(=O)N(CC=C)c3ccccc3Cl)[C@]23CC[C@H]1O3.